The number of nitrogens with one attached hydrogen (secondary N) is 1. The minimum atomic E-state index is -0.00671. The van der Waals surface area contributed by atoms with Crippen LogP contribution in [0.4, 0.5) is 0 Å². The number of unbranched alkanes of at least 4 members (excludes halogenated alkanes) is 2. The van der Waals surface area contributed by atoms with Gasteiger partial charge in [0.25, 0.3) is 0 Å². The molecule has 0 saturated heterocycles. The molecule has 1 rings (SSSR count). The van der Waals surface area contributed by atoms with Gasteiger partial charge in [0.1, 0.15) is 11.5 Å². The molecule has 0 fully saturated rings. The Bertz CT molecular complexity index is 339. The first-order valence-corrected chi connectivity index (χ1v) is 5.61. The van der Waals surface area contributed by atoms with Crippen LogP contribution in [0.2, 0.25) is 0 Å². The Morgan fingerprint density at radius 2 is 2.31 bits per heavy atom. The second kappa shape index (κ2) is 6.95. The molecule has 4 nitrogen and oxygen atoms in total. The molecule has 0 bridgehead atoms. The smallest absolute Gasteiger partial charge is 0.142 e. The van der Waals surface area contributed by atoms with Crippen LogP contribution in [0.5, 0.6) is 0 Å². The first-order chi connectivity index (χ1) is 7.75. The highest BCUT2D eigenvalue weighted by molar-refractivity contribution is 5.94. The third-order valence-electron chi connectivity index (χ3n) is 2.30. The van der Waals surface area contributed by atoms with E-state index in [1.54, 1.807) is 6.20 Å². The van der Waals surface area contributed by atoms with E-state index < -0.39 is 0 Å². The molecule has 1 aromatic rings. The fourth-order valence-electron chi connectivity index (χ4n) is 1.43. The summed E-state index contributed by atoms with van der Waals surface area (Å²) < 4.78 is 5.52. The number of nitrogen functional groups attached to an aromatic ring is 1. The molecule has 1 heterocycles. The predicted molar refractivity (Wildman–Crippen MR) is 64.4 cm³/mol. The molecule has 88 valence electrons. The second-order valence-electron chi connectivity index (χ2n) is 3.68. The molecule has 16 heavy (non-hydrogen) atoms. The fourth-order valence-corrected chi connectivity index (χ4v) is 1.43. The number of rotatable bonds is 7. The van der Waals surface area contributed by atoms with Crippen LogP contribution < -0.4 is 5.73 Å². The SMILES string of the molecule is CCCCCOCc1cccnc1C(=N)N. The Kier molecular flexibility index (Phi) is 5.50. The molecule has 0 aliphatic carbocycles. The van der Waals surface area contributed by atoms with E-state index in [1.165, 1.54) is 12.8 Å². The number of aromatic nitrogens is 1. The van der Waals surface area contributed by atoms with Gasteiger partial charge in [-0.1, -0.05) is 25.8 Å². The van der Waals surface area contributed by atoms with Crippen molar-refractivity contribution in [3.05, 3.63) is 29.6 Å². The maximum Gasteiger partial charge on any atom is 0.142 e. The topological polar surface area (TPSA) is 72.0 Å². The van der Waals surface area contributed by atoms with Gasteiger partial charge in [-0.2, -0.15) is 0 Å². The molecule has 3 N–H and O–H groups in total. The molecular weight excluding hydrogens is 202 g/mol. The number of amidine groups is 1. The highest BCUT2D eigenvalue weighted by Crippen LogP contribution is 2.07. The van der Waals surface area contributed by atoms with Gasteiger partial charge in [0.15, 0.2) is 0 Å². The van der Waals surface area contributed by atoms with Gasteiger partial charge in [-0.3, -0.25) is 10.4 Å². The monoisotopic (exact) mass is 221 g/mol. The Morgan fingerprint density at radius 1 is 1.50 bits per heavy atom. The van der Waals surface area contributed by atoms with Crippen molar-refractivity contribution in [1.82, 2.24) is 4.98 Å². The second-order valence-corrected chi connectivity index (χ2v) is 3.68. The van der Waals surface area contributed by atoms with Crippen molar-refractivity contribution < 1.29 is 4.74 Å². The zero-order valence-electron chi connectivity index (χ0n) is 9.70. The number of nitrogens with zero attached hydrogens (tertiary/aromatic N) is 1. The Morgan fingerprint density at radius 3 is 3.00 bits per heavy atom. The Balaban J connectivity index is 2.44. The summed E-state index contributed by atoms with van der Waals surface area (Å²) in [5, 5.41) is 7.38. The van der Waals surface area contributed by atoms with E-state index in [0.717, 1.165) is 18.6 Å². The largest absolute Gasteiger partial charge is 0.382 e. The normalized spacial score (nSPS) is 10.3. The van der Waals surface area contributed by atoms with Gasteiger partial charge in [0, 0.05) is 18.4 Å². The molecule has 0 aliphatic rings. The number of nitrogens with two attached hydrogens (primary N) is 1. The number of hydrogen-bond acceptors (Lipinski definition) is 3. The molecule has 0 unspecified atom stereocenters. The molecule has 0 radical (unpaired) electrons. The summed E-state index contributed by atoms with van der Waals surface area (Å²) in [5.41, 5.74) is 6.84. The van der Waals surface area contributed by atoms with Crippen LogP contribution in [-0.4, -0.2) is 17.4 Å². The molecule has 0 amide bonds. The lowest BCUT2D eigenvalue weighted by Crippen LogP contribution is -2.16. The summed E-state index contributed by atoms with van der Waals surface area (Å²) in [7, 11) is 0. The van der Waals surface area contributed by atoms with Gasteiger partial charge in [-0.15, -0.1) is 0 Å². The number of hydrogen-bond donors (Lipinski definition) is 2. The first-order valence-electron chi connectivity index (χ1n) is 5.61. The lowest BCUT2D eigenvalue weighted by molar-refractivity contribution is 0.117. The summed E-state index contributed by atoms with van der Waals surface area (Å²) in [6.45, 7) is 3.39. The molecule has 0 aromatic carbocycles. The van der Waals surface area contributed by atoms with Gasteiger partial charge >= 0.3 is 0 Å². The van der Waals surface area contributed by atoms with Crippen molar-refractivity contribution in [2.45, 2.75) is 32.8 Å². The zero-order valence-corrected chi connectivity index (χ0v) is 9.70. The quantitative estimate of drug-likeness (QED) is 0.420. The third kappa shape index (κ3) is 3.98. The van der Waals surface area contributed by atoms with Crippen molar-refractivity contribution >= 4 is 5.84 Å². The maximum atomic E-state index is 7.38. The van der Waals surface area contributed by atoms with Crippen LogP contribution in [0.15, 0.2) is 18.3 Å². The molecule has 1 aromatic heterocycles. The predicted octanol–water partition coefficient (Wildman–Crippen LogP) is 2.07. The number of pyridine rings is 1. The first kappa shape index (κ1) is 12.6. The molecule has 0 atom stereocenters. The van der Waals surface area contributed by atoms with Gasteiger partial charge in [0.05, 0.1) is 6.61 Å². The average Bonchev–Trinajstić information content (AvgIpc) is 2.29. The Labute approximate surface area is 96.3 Å². The van der Waals surface area contributed by atoms with E-state index in [-0.39, 0.29) is 5.84 Å². The maximum absolute atomic E-state index is 7.38. The lowest BCUT2D eigenvalue weighted by Gasteiger charge is -2.07. The summed E-state index contributed by atoms with van der Waals surface area (Å²) in [4.78, 5) is 4.06. The van der Waals surface area contributed by atoms with E-state index in [2.05, 4.69) is 11.9 Å². The highest BCUT2D eigenvalue weighted by atomic mass is 16.5. The van der Waals surface area contributed by atoms with Crippen LogP contribution in [0.25, 0.3) is 0 Å². The van der Waals surface area contributed by atoms with E-state index >= 15 is 0 Å². The third-order valence-corrected chi connectivity index (χ3v) is 2.30. The summed E-state index contributed by atoms with van der Waals surface area (Å²) in [5.74, 6) is -0.00671. The number of ether oxygens (including phenoxy) is 1. The van der Waals surface area contributed by atoms with Crippen LogP contribution >= 0.6 is 0 Å². The zero-order chi connectivity index (χ0) is 11.8. The molecule has 0 spiro atoms. The minimum Gasteiger partial charge on any atom is -0.382 e. The van der Waals surface area contributed by atoms with Gasteiger partial charge < -0.3 is 10.5 Å². The fraction of sp³-hybridized carbons (Fsp3) is 0.500. The molecular formula is C12H19N3O. The summed E-state index contributed by atoms with van der Waals surface area (Å²) in [6, 6.07) is 3.72. The van der Waals surface area contributed by atoms with Gasteiger partial charge in [-0.25, -0.2) is 0 Å². The van der Waals surface area contributed by atoms with Crippen molar-refractivity contribution in [3.8, 4) is 0 Å². The van der Waals surface area contributed by atoms with E-state index in [4.69, 9.17) is 15.9 Å². The van der Waals surface area contributed by atoms with Crippen LogP contribution in [0.1, 0.15) is 37.4 Å². The highest BCUT2D eigenvalue weighted by Gasteiger charge is 2.05. The minimum absolute atomic E-state index is 0.00671. The standard InChI is InChI=1S/C12H19N3O/c1-2-3-4-8-16-9-10-6-5-7-15-11(10)12(13)14/h5-7H,2-4,8-9H2,1H3,(H3,13,14). The van der Waals surface area contributed by atoms with Crippen molar-refractivity contribution in [3.63, 3.8) is 0 Å². The van der Waals surface area contributed by atoms with Crippen molar-refractivity contribution in [1.29, 1.82) is 5.41 Å². The van der Waals surface area contributed by atoms with E-state index in [9.17, 15) is 0 Å². The van der Waals surface area contributed by atoms with Crippen molar-refractivity contribution in [2.24, 2.45) is 5.73 Å². The van der Waals surface area contributed by atoms with Crippen LogP contribution in [0, 0.1) is 5.41 Å². The van der Waals surface area contributed by atoms with Crippen LogP contribution in [0.3, 0.4) is 0 Å². The van der Waals surface area contributed by atoms with Crippen LogP contribution in [-0.2, 0) is 11.3 Å². The van der Waals surface area contributed by atoms with E-state index in [0.29, 0.717) is 12.3 Å². The van der Waals surface area contributed by atoms with Gasteiger partial charge in [0.2, 0.25) is 0 Å². The molecule has 4 heteroatoms. The van der Waals surface area contributed by atoms with E-state index in [1.807, 2.05) is 12.1 Å². The molecule has 0 saturated carbocycles. The summed E-state index contributed by atoms with van der Waals surface area (Å²) in [6.07, 6.45) is 5.09. The Hall–Kier alpha value is -1.42. The summed E-state index contributed by atoms with van der Waals surface area (Å²) >= 11 is 0. The van der Waals surface area contributed by atoms with Gasteiger partial charge in [-0.05, 0) is 12.5 Å². The lowest BCUT2D eigenvalue weighted by atomic mass is 10.2. The average molecular weight is 221 g/mol. The van der Waals surface area contributed by atoms with Crippen molar-refractivity contribution in [2.75, 3.05) is 6.61 Å². The molecule has 0 aliphatic heterocycles.